The number of halogens is 1. The Balaban J connectivity index is 5.99. The molecule has 0 aliphatic rings. The molecule has 0 heterocycles. The monoisotopic (exact) mass is 145 g/mol. The molecule has 0 aromatic carbocycles. The van der Waals surface area contributed by atoms with Crippen molar-refractivity contribution in [3.8, 4) is 0 Å². The van der Waals surface area contributed by atoms with Gasteiger partial charge in [-0.2, -0.15) is 0 Å². The van der Waals surface area contributed by atoms with Gasteiger partial charge in [0.2, 0.25) is 5.24 Å². The highest BCUT2D eigenvalue weighted by Crippen LogP contribution is 2.00. The highest BCUT2D eigenvalue weighted by Gasteiger charge is 1.92. The minimum atomic E-state index is -3.83. The van der Waals surface area contributed by atoms with Crippen LogP contribution in [-0.2, 0) is 4.79 Å². The van der Waals surface area contributed by atoms with E-state index in [0.29, 0.717) is 0 Å². The van der Waals surface area contributed by atoms with E-state index in [9.17, 15) is 4.79 Å². The van der Waals surface area contributed by atoms with Crippen molar-refractivity contribution in [2.24, 2.45) is 0 Å². The van der Waals surface area contributed by atoms with E-state index in [4.69, 9.17) is 26.7 Å². The molecule has 0 aromatic rings. The van der Waals surface area contributed by atoms with Crippen molar-refractivity contribution in [2.45, 2.75) is 32.3 Å². The van der Waals surface area contributed by atoms with Crippen molar-refractivity contribution in [3.05, 3.63) is 0 Å². The molecule has 0 unspecified atom stereocenters. The van der Waals surface area contributed by atoms with Gasteiger partial charge in [0.15, 0.2) is 0 Å². The van der Waals surface area contributed by atoms with Crippen LogP contribution in [0.1, 0.15) is 47.4 Å². The fraction of sp³-hybridized carbons (Fsp3) is 0.833. The molecule has 0 rings (SSSR count). The predicted octanol–water partition coefficient (Wildman–Crippen LogP) is 2.33. The molecule has 0 fully saturated rings. The molecule has 8 heavy (non-hydrogen) atoms. The van der Waals surface area contributed by atoms with Gasteiger partial charge in [-0.1, -0.05) is 19.6 Å². The van der Waals surface area contributed by atoms with Gasteiger partial charge in [0, 0.05) is 21.5 Å². The Labute approximate surface area is 70.5 Å². The molecular formula is C6H11ClO. The van der Waals surface area contributed by atoms with Crippen LogP contribution < -0.4 is 0 Å². The maximum atomic E-state index is 10.9. The minimum absolute atomic E-state index is 1.89. The summed E-state index contributed by atoms with van der Waals surface area (Å²) in [7, 11) is 0. The molecule has 0 spiro atoms. The fourth-order valence-corrected chi connectivity index (χ4v) is 0.159. The molecule has 0 amide bonds. The first-order chi connectivity index (χ1) is 7.94. The summed E-state index contributed by atoms with van der Waals surface area (Å²) < 4.78 is 78.7. The summed E-state index contributed by atoms with van der Waals surface area (Å²) in [6, 6.07) is 0. The first-order valence-corrected chi connectivity index (χ1v) is 2.02. The van der Waals surface area contributed by atoms with Crippen molar-refractivity contribution in [2.75, 3.05) is 0 Å². The molecule has 0 saturated carbocycles. The molecule has 1 nitrogen and oxygen atoms in total. The van der Waals surface area contributed by atoms with Crippen molar-refractivity contribution >= 4 is 16.8 Å². The third-order valence-electron chi connectivity index (χ3n) is 0.286. The Morgan fingerprint density at radius 3 is 3.12 bits per heavy atom. The normalized spacial score (nSPS) is 38.4. The van der Waals surface area contributed by atoms with Gasteiger partial charge in [0.05, 0.1) is 0 Å². The number of hydrogen-bond acceptors (Lipinski definition) is 1. The van der Waals surface area contributed by atoms with Crippen LogP contribution >= 0.6 is 11.6 Å². The minimum Gasteiger partial charge on any atom is -0.281 e. The second kappa shape index (κ2) is 5.10. The lowest BCUT2D eigenvalue weighted by molar-refractivity contribution is -0.111. The number of carbonyl (C=O) groups excluding carboxylic acids is 1. The van der Waals surface area contributed by atoms with Crippen LogP contribution in [0.25, 0.3) is 0 Å². The average Bonchev–Trinajstić information content (AvgIpc) is 2.14. The molecule has 0 bridgehead atoms. The Morgan fingerprint density at radius 2 is 2.62 bits per heavy atom. The second-order valence-electron chi connectivity index (χ2n) is 0.774. The molecule has 0 radical (unpaired) electrons. The summed E-state index contributed by atoms with van der Waals surface area (Å²) in [5, 5.41) is -1.89. The zero-order chi connectivity index (χ0) is 16.1. The molecule has 0 saturated heterocycles. The van der Waals surface area contributed by atoms with Gasteiger partial charge in [0.25, 0.3) is 0 Å². The lowest BCUT2D eigenvalue weighted by Gasteiger charge is -1.89. The van der Waals surface area contributed by atoms with Crippen LogP contribution in [-0.4, -0.2) is 5.24 Å². The molecule has 0 aromatic heterocycles. The lowest BCUT2D eigenvalue weighted by atomic mass is 10.2. The maximum Gasteiger partial charge on any atom is 0.221 e. The van der Waals surface area contributed by atoms with Gasteiger partial charge in [-0.05, 0) is 18.0 Å². The number of rotatable bonds is 4. The van der Waals surface area contributed by atoms with Crippen LogP contribution in [0.3, 0.4) is 0 Å². The Kier molecular flexibility index (Phi) is 0.763. The smallest absolute Gasteiger partial charge is 0.221 e. The summed E-state index contributed by atoms with van der Waals surface area (Å²) >= 11 is 4.84. The summed E-state index contributed by atoms with van der Waals surface area (Å²) in [5.74, 6) is 0. The molecule has 0 N–H and O–H groups in total. The number of carbonyl (C=O) groups is 1. The lowest BCUT2D eigenvalue weighted by Crippen LogP contribution is -1.84. The largest absolute Gasteiger partial charge is 0.281 e. The molecule has 0 aliphatic carbocycles. The van der Waals surface area contributed by atoms with Gasteiger partial charge >= 0.3 is 0 Å². The van der Waals surface area contributed by atoms with E-state index in [1.54, 1.807) is 0 Å². The average molecular weight is 146 g/mol. The van der Waals surface area contributed by atoms with Gasteiger partial charge in [-0.15, -0.1) is 0 Å². The zero-order valence-corrected chi connectivity index (χ0v) is 4.54. The SMILES string of the molecule is [2H]C([2H])([2H])C([2H])([2H])C([2H])([2H])C([2H])([2H])C([2H])([2H])C(=O)Cl. The van der Waals surface area contributed by atoms with Crippen LogP contribution in [0.5, 0.6) is 0 Å². The highest BCUT2D eigenvalue weighted by atomic mass is 35.5. The zero-order valence-electron chi connectivity index (χ0n) is 14.8. The van der Waals surface area contributed by atoms with E-state index in [1.165, 1.54) is 0 Å². The van der Waals surface area contributed by atoms with Gasteiger partial charge in [-0.3, -0.25) is 4.79 Å². The van der Waals surface area contributed by atoms with Crippen LogP contribution in [0.4, 0.5) is 0 Å². The van der Waals surface area contributed by atoms with Crippen molar-refractivity contribution in [1.82, 2.24) is 0 Å². The third-order valence-corrected chi connectivity index (χ3v) is 0.380. The van der Waals surface area contributed by atoms with Crippen LogP contribution in [0.15, 0.2) is 0 Å². The predicted molar refractivity (Wildman–Crippen MR) is 35.0 cm³/mol. The van der Waals surface area contributed by atoms with E-state index in [2.05, 4.69) is 0 Å². The molecular weight excluding hydrogens is 124 g/mol. The Morgan fingerprint density at radius 1 is 1.88 bits per heavy atom. The van der Waals surface area contributed by atoms with Crippen molar-refractivity contribution < 1.29 is 19.9 Å². The molecule has 0 aliphatic heterocycles. The quantitative estimate of drug-likeness (QED) is 0.555. The first kappa shape index (κ1) is 1.20. The fourth-order valence-electron chi connectivity index (χ4n) is 0.112. The Bertz CT molecular complexity index is 370. The molecule has 48 valence electrons. The van der Waals surface area contributed by atoms with Crippen molar-refractivity contribution in [3.63, 3.8) is 0 Å². The van der Waals surface area contributed by atoms with E-state index in [1.807, 2.05) is 0 Å². The topological polar surface area (TPSA) is 17.1 Å². The van der Waals surface area contributed by atoms with E-state index in [0.717, 1.165) is 0 Å². The van der Waals surface area contributed by atoms with Crippen molar-refractivity contribution in [1.29, 1.82) is 0 Å². The summed E-state index contributed by atoms with van der Waals surface area (Å²) in [4.78, 5) is 10.9. The highest BCUT2D eigenvalue weighted by molar-refractivity contribution is 6.63. The van der Waals surface area contributed by atoms with E-state index < -0.39 is 37.6 Å². The van der Waals surface area contributed by atoms with E-state index in [-0.39, 0.29) is 0 Å². The standard InChI is InChI=1S/C6H11ClO/c1-2-3-4-5-6(7)8/h2-5H2,1H3/i1D3,2D2,3D2,4D2,5D2. The van der Waals surface area contributed by atoms with Gasteiger partial charge in [-0.25, -0.2) is 0 Å². The third kappa shape index (κ3) is 5.96. The summed E-state index contributed by atoms with van der Waals surface area (Å²) in [5.41, 5.74) is 0. The summed E-state index contributed by atoms with van der Waals surface area (Å²) in [6.45, 7) is -3.56. The number of hydrogen-bond donors (Lipinski definition) is 0. The first-order valence-electron chi connectivity index (χ1n) is 7.14. The maximum absolute atomic E-state index is 10.9. The van der Waals surface area contributed by atoms with E-state index >= 15 is 0 Å². The Hall–Kier alpha value is -0.0400. The van der Waals surface area contributed by atoms with Gasteiger partial charge in [0.1, 0.15) is 0 Å². The summed E-state index contributed by atoms with van der Waals surface area (Å²) in [6.07, 6.45) is -15.0. The second-order valence-corrected chi connectivity index (χ2v) is 1.12. The van der Waals surface area contributed by atoms with Gasteiger partial charge < -0.3 is 0 Å². The molecule has 0 atom stereocenters. The molecule has 2 heteroatoms. The van der Waals surface area contributed by atoms with Crippen LogP contribution in [0, 0.1) is 0 Å². The van der Waals surface area contributed by atoms with Crippen LogP contribution in [0.2, 0.25) is 0 Å².